The number of benzene rings is 1. The summed E-state index contributed by atoms with van der Waals surface area (Å²) in [6, 6.07) is 7.85. The molecule has 1 atom stereocenters. The second-order valence-corrected chi connectivity index (χ2v) is 4.10. The molecule has 1 aromatic rings. The lowest BCUT2D eigenvalue weighted by molar-refractivity contribution is 0.309. The number of hydrogen-bond donors (Lipinski definition) is 1. The summed E-state index contributed by atoms with van der Waals surface area (Å²) in [6.45, 7) is 8.73. The van der Waals surface area contributed by atoms with Crippen molar-refractivity contribution in [2.75, 3.05) is 6.61 Å². The largest absolute Gasteiger partial charge is 0.494 e. The normalized spacial score (nSPS) is 12.2. The fourth-order valence-electron chi connectivity index (χ4n) is 1.39. The standard InChI is InChI=1S/C14H21NO/c1-4-5-10-16-13-8-6-12(7-9-13)14(15)11(2)3/h6-9,14H,2,4-5,10,15H2,1,3H3. The van der Waals surface area contributed by atoms with Gasteiger partial charge in [0.15, 0.2) is 0 Å². The summed E-state index contributed by atoms with van der Waals surface area (Å²) >= 11 is 0. The lowest BCUT2D eigenvalue weighted by atomic mass is 10.0. The summed E-state index contributed by atoms with van der Waals surface area (Å²) < 4.78 is 5.58. The molecule has 0 aliphatic rings. The molecule has 1 rings (SSSR count). The summed E-state index contributed by atoms with van der Waals surface area (Å²) in [6.07, 6.45) is 2.24. The van der Waals surface area contributed by atoms with E-state index in [1.807, 2.05) is 31.2 Å². The molecule has 88 valence electrons. The first-order valence-electron chi connectivity index (χ1n) is 5.79. The minimum atomic E-state index is -0.0790. The van der Waals surface area contributed by atoms with Gasteiger partial charge in [-0.1, -0.05) is 37.6 Å². The summed E-state index contributed by atoms with van der Waals surface area (Å²) in [5.41, 5.74) is 8.02. The van der Waals surface area contributed by atoms with E-state index in [0.29, 0.717) is 0 Å². The van der Waals surface area contributed by atoms with E-state index < -0.39 is 0 Å². The van der Waals surface area contributed by atoms with E-state index in [2.05, 4.69) is 13.5 Å². The molecule has 0 heterocycles. The van der Waals surface area contributed by atoms with Crippen molar-refractivity contribution < 1.29 is 4.74 Å². The monoisotopic (exact) mass is 219 g/mol. The van der Waals surface area contributed by atoms with Crippen molar-refractivity contribution in [3.05, 3.63) is 42.0 Å². The molecule has 0 saturated carbocycles. The molecule has 0 aliphatic heterocycles. The summed E-state index contributed by atoms with van der Waals surface area (Å²) in [4.78, 5) is 0. The minimum Gasteiger partial charge on any atom is -0.494 e. The Morgan fingerprint density at radius 3 is 2.50 bits per heavy atom. The Morgan fingerprint density at radius 2 is 2.00 bits per heavy atom. The molecular weight excluding hydrogens is 198 g/mol. The molecule has 1 unspecified atom stereocenters. The van der Waals surface area contributed by atoms with E-state index in [-0.39, 0.29) is 6.04 Å². The third kappa shape index (κ3) is 3.70. The van der Waals surface area contributed by atoms with Crippen LogP contribution in [0.3, 0.4) is 0 Å². The Balaban J connectivity index is 2.57. The van der Waals surface area contributed by atoms with Crippen molar-refractivity contribution in [2.45, 2.75) is 32.7 Å². The van der Waals surface area contributed by atoms with E-state index in [4.69, 9.17) is 10.5 Å². The van der Waals surface area contributed by atoms with E-state index in [1.54, 1.807) is 0 Å². The number of hydrogen-bond acceptors (Lipinski definition) is 2. The molecule has 0 aliphatic carbocycles. The van der Waals surface area contributed by atoms with Crippen LogP contribution in [0.5, 0.6) is 5.75 Å². The predicted octanol–water partition coefficient (Wildman–Crippen LogP) is 3.44. The second-order valence-electron chi connectivity index (χ2n) is 4.10. The van der Waals surface area contributed by atoms with Crippen molar-refractivity contribution in [2.24, 2.45) is 5.73 Å². The maximum atomic E-state index is 5.97. The van der Waals surface area contributed by atoms with Crippen LogP contribution in [0, 0.1) is 0 Å². The zero-order valence-corrected chi connectivity index (χ0v) is 10.2. The minimum absolute atomic E-state index is 0.0790. The molecule has 0 bridgehead atoms. The maximum absolute atomic E-state index is 5.97. The van der Waals surface area contributed by atoms with Crippen LogP contribution in [0.4, 0.5) is 0 Å². The zero-order valence-electron chi connectivity index (χ0n) is 10.2. The van der Waals surface area contributed by atoms with E-state index in [0.717, 1.165) is 36.3 Å². The van der Waals surface area contributed by atoms with Gasteiger partial charge in [0.2, 0.25) is 0 Å². The molecule has 2 heteroatoms. The van der Waals surface area contributed by atoms with Gasteiger partial charge in [-0.2, -0.15) is 0 Å². The average molecular weight is 219 g/mol. The summed E-state index contributed by atoms with van der Waals surface area (Å²) in [5, 5.41) is 0. The van der Waals surface area contributed by atoms with Gasteiger partial charge in [0, 0.05) is 0 Å². The highest BCUT2D eigenvalue weighted by Gasteiger charge is 2.05. The van der Waals surface area contributed by atoms with Gasteiger partial charge in [-0.25, -0.2) is 0 Å². The lowest BCUT2D eigenvalue weighted by Gasteiger charge is -2.12. The van der Waals surface area contributed by atoms with Gasteiger partial charge < -0.3 is 10.5 Å². The third-order valence-corrected chi connectivity index (χ3v) is 2.54. The summed E-state index contributed by atoms with van der Waals surface area (Å²) in [5.74, 6) is 0.908. The molecule has 0 amide bonds. The highest BCUT2D eigenvalue weighted by atomic mass is 16.5. The maximum Gasteiger partial charge on any atom is 0.119 e. The van der Waals surface area contributed by atoms with Gasteiger partial charge in [0.25, 0.3) is 0 Å². The number of ether oxygens (including phenoxy) is 1. The topological polar surface area (TPSA) is 35.2 Å². The fourth-order valence-corrected chi connectivity index (χ4v) is 1.39. The zero-order chi connectivity index (χ0) is 12.0. The quantitative estimate of drug-likeness (QED) is 0.587. The molecule has 0 saturated heterocycles. The van der Waals surface area contributed by atoms with Gasteiger partial charge in [0.05, 0.1) is 12.6 Å². The lowest BCUT2D eigenvalue weighted by Crippen LogP contribution is -2.10. The van der Waals surface area contributed by atoms with Crippen LogP contribution in [0.25, 0.3) is 0 Å². The molecule has 16 heavy (non-hydrogen) atoms. The first-order chi connectivity index (χ1) is 7.65. The number of rotatable bonds is 6. The van der Waals surface area contributed by atoms with Gasteiger partial charge in [-0.05, 0) is 31.0 Å². The van der Waals surface area contributed by atoms with Crippen molar-refractivity contribution >= 4 is 0 Å². The average Bonchev–Trinajstić information content (AvgIpc) is 2.29. The predicted molar refractivity (Wildman–Crippen MR) is 68.6 cm³/mol. The highest BCUT2D eigenvalue weighted by molar-refractivity contribution is 5.32. The van der Waals surface area contributed by atoms with E-state index in [9.17, 15) is 0 Å². The molecule has 0 radical (unpaired) electrons. The molecular formula is C14H21NO. The highest BCUT2D eigenvalue weighted by Crippen LogP contribution is 2.20. The Kier molecular flexibility index (Phi) is 5.06. The van der Waals surface area contributed by atoms with Gasteiger partial charge in [-0.3, -0.25) is 0 Å². The smallest absolute Gasteiger partial charge is 0.119 e. The van der Waals surface area contributed by atoms with Crippen molar-refractivity contribution in [3.8, 4) is 5.75 Å². The summed E-state index contributed by atoms with van der Waals surface area (Å²) in [7, 11) is 0. The Hall–Kier alpha value is -1.28. The Bertz CT molecular complexity index is 329. The SMILES string of the molecule is C=C(C)C(N)c1ccc(OCCCC)cc1. The van der Waals surface area contributed by atoms with Gasteiger partial charge >= 0.3 is 0 Å². The molecule has 0 fully saturated rings. The Morgan fingerprint density at radius 1 is 1.38 bits per heavy atom. The van der Waals surface area contributed by atoms with Crippen molar-refractivity contribution in [1.82, 2.24) is 0 Å². The van der Waals surface area contributed by atoms with E-state index in [1.165, 1.54) is 0 Å². The second kappa shape index (κ2) is 6.33. The first kappa shape index (κ1) is 12.8. The van der Waals surface area contributed by atoms with E-state index >= 15 is 0 Å². The molecule has 2 N–H and O–H groups in total. The molecule has 0 aromatic heterocycles. The van der Waals surface area contributed by atoms with Gasteiger partial charge in [0.1, 0.15) is 5.75 Å². The van der Waals surface area contributed by atoms with Crippen molar-refractivity contribution in [1.29, 1.82) is 0 Å². The van der Waals surface area contributed by atoms with Crippen LogP contribution in [0.15, 0.2) is 36.4 Å². The van der Waals surface area contributed by atoms with Crippen LogP contribution >= 0.6 is 0 Å². The van der Waals surface area contributed by atoms with Crippen LogP contribution < -0.4 is 10.5 Å². The fraction of sp³-hybridized carbons (Fsp3) is 0.429. The first-order valence-corrected chi connectivity index (χ1v) is 5.79. The van der Waals surface area contributed by atoms with Crippen LogP contribution in [0.2, 0.25) is 0 Å². The van der Waals surface area contributed by atoms with Gasteiger partial charge in [-0.15, -0.1) is 0 Å². The molecule has 0 spiro atoms. The third-order valence-electron chi connectivity index (χ3n) is 2.54. The van der Waals surface area contributed by atoms with Crippen LogP contribution in [-0.2, 0) is 0 Å². The Labute approximate surface area is 98.1 Å². The number of nitrogens with two attached hydrogens (primary N) is 1. The number of unbranched alkanes of at least 4 members (excludes halogenated alkanes) is 1. The van der Waals surface area contributed by atoms with Crippen LogP contribution in [0.1, 0.15) is 38.3 Å². The van der Waals surface area contributed by atoms with Crippen LogP contribution in [-0.4, -0.2) is 6.61 Å². The molecule has 2 nitrogen and oxygen atoms in total. The van der Waals surface area contributed by atoms with Crippen molar-refractivity contribution in [3.63, 3.8) is 0 Å². The molecule has 1 aromatic carbocycles.